The molecule has 0 radical (unpaired) electrons. The molecule has 1 unspecified atom stereocenters. The predicted molar refractivity (Wildman–Crippen MR) is 70.4 cm³/mol. The van der Waals surface area contributed by atoms with Crippen molar-refractivity contribution < 1.29 is 9.90 Å². The van der Waals surface area contributed by atoms with Gasteiger partial charge in [0.05, 0.1) is 6.61 Å². The van der Waals surface area contributed by atoms with Crippen molar-refractivity contribution in [2.75, 3.05) is 6.61 Å². The van der Waals surface area contributed by atoms with Gasteiger partial charge in [0.15, 0.2) is 5.78 Å². The number of Topliss-reactive ketones (excluding diaryl/α,β-unsaturated/α-hetero) is 1. The number of hydrogen-bond acceptors (Lipinski definition) is 2. The Morgan fingerprint density at radius 1 is 1.18 bits per heavy atom. The van der Waals surface area contributed by atoms with Crippen LogP contribution in [0.5, 0.6) is 0 Å². The summed E-state index contributed by atoms with van der Waals surface area (Å²) in [5.74, 6) is -0.0765. The topological polar surface area (TPSA) is 37.3 Å². The molecule has 1 N–H and O–H groups in total. The highest BCUT2D eigenvalue weighted by Gasteiger charge is 2.24. The SMILES string of the molecule is Cc1ccc(C(=O)C(CO)C(C)C)c(C)c1C. The van der Waals surface area contributed by atoms with Crippen molar-refractivity contribution in [3.05, 3.63) is 34.4 Å². The van der Waals surface area contributed by atoms with Crippen LogP contribution in [-0.2, 0) is 0 Å². The number of aryl methyl sites for hydroxylation is 1. The quantitative estimate of drug-likeness (QED) is 0.813. The number of carbonyl (C=O) groups excluding carboxylic acids is 1. The Bertz CT molecular complexity index is 419. The third-order valence-corrected chi connectivity index (χ3v) is 3.66. The maximum absolute atomic E-state index is 12.3. The fraction of sp³-hybridized carbons (Fsp3) is 0.533. The third-order valence-electron chi connectivity index (χ3n) is 3.66. The molecule has 0 spiro atoms. The predicted octanol–water partition coefficient (Wildman–Crippen LogP) is 3.06. The highest BCUT2D eigenvalue weighted by atomic mass is 16.3. The molecular weight excluding hydrogens is 212 g/mol. The van der Waals surface area contributed by atoms with E-state index in [1.165, 1.54) is 5.56 Å². The minimum absolute atomic E-state index is 0.0584. The molecule has 1 rings (SSSR count). The highest BCUT2D eigenvalue weighted by molar-refractivity contribution is 5.99. The van der Waals surface area contributed by atoms with E-state index in [1.807, 2.05) is 46.8 Å². The van der Waals surface area contributed by atoms with Gasteiger partial charge < -0.3 is 5.11 Å². The van der Waals surface area contributed by atoms with Crippen LogP contribution in [-0.4, -0.2) is 17.5 Å². The number of hydrogen-bond donors (Lipinski definition) is 1. The Kier molecular flexibility index (Phi) is 4.47. The van der Waals surface area contributed by atoms with Gasteiger partial charge in [0.1, 0.15) is 0 Å². The van der Waals surface area contributed by atoms with E-state index in [4.69, 9.17) is 0 Å². The lowest BCUT2D eigenvalue weighted by atomic mass is 9.85. The van der Waals surface area contributed by atoms with Crippen molar-refractivity contribution in [2.45, 2.75) is 34.6 Å². The lowest BCUT2D eigenvalue weighted by Gasteiger charge is -2.19. The van der Waals surface area contributed by atoms with Crippen LogP contribution in [0.25, 0.3) is 0 Å². The average Bonchev–Trinajstić information content (AvgIpc) is 2.26. The maximum atomic E-state index is 12.3. The smallest absolute Gasteiger partial charge is 0.168 e. The molecule has 0 amide bonds. The van der Waals surface area contributed by atoms with Crippen molar-refractivity contribution in [1.82, 2.24) is 0 Å². The van der Waals surface area contributed by atoms with Gasteiger partial charge in [-0.3, -0.25) is 4.79 Å². The van der Waals surface area contributed by atoms with E-state index in [1.54, 1.807) is 0 Å². The second-order valence-electron chi connectivity index (χ2n) is 5.08. The minimum atomic E-state index is -0.296. The third kappa shape index (κ3) is 2.75. The molecular formula is C15H22O2. The first-order chi connectivity index (χ1) is 7.90. The molecule has 0 aliphatic rings. The fourth-order valence-corrected chi connectivity index (χ4v) is 2.02. The molecule has 0 bridgehead atoms. The number of rotatable bonds is 4. The molecule has 0 saturated carbocycles. The van der Waals surface area contributed by atoms with Gasteiger partial charge in [0.2, 0.25) is 0 Å². The van der Waals surface area contributed by atoms with Crippen molar-refractivity contribution in [3.8, 4) is 0 Å². The van der Waals surface area contributed by atoms with E-state index in [0.717, 1.165) is 16.7 Å². The van der Waals surface area contributed by atoms with Gasteiger partial charge in [-0.1, -0.05) is 26.0 Å². The van der Waals surface area contributed by atoms with E-state index in [-0.39, 0.29) is 24.2 Å². The number of aliphatic hydroxyl groups is 1. The Morgan fingerprint density at radius 2 is 1.76 bits per heavy atom. The van der Waals surface area contributed by atoms with Gasteiger partial charge in [-0.15, -0.1) is 0 Å². The maximum Gasteiger partial charge on any atom is 0.168 e. The zero-order valence-corrected chi connectivity index (χ0v) is 11.4. The van der Waals surface area contributed by atoms with E-state index in [0.29, 0.717) is 0 Å². The van der Waals surface area contributed by atoms with E-state index in [2.05, 4.69) is 0 Å². The summed E-state index contributed by atoms with van der Waals surface area (Å²) in [5.41, 5.74) is 4.15. The summed E-state index contributed by atoms with van der Waals surface area (Å²) in [5, 5.41) is 9.32. The molecule has 0 fully saturated rings. The summed E-state index contributed by atoms with van der Waals surface area (Å²) in [4.78, 5) is 12.3. The fourth-order valence-electron chi connectivity index (χ4n) is 2.02. The monoisotopic (exact) mass is 234 g/mol. The summed E-state index contributed by atoms with van der Waals surface area (Å²) in [6.45, 7) is 9.91. The molecule has 0 aromatic heterocycles. The lowest BCUT2D eigenvalue weighted by Crippen LogP contribution is -2.25. The molecule has 1 atom stereocenters. The zero-order valence-electron chi connectivity index (χ0n) is 11.4. The zero-order chi connectivity index (χ0) is 13.2. The Labute approximate surface area is 104 Å². The second-order valence-corrected chi connectivity index (χ2v) is 5.08. The molecule has 17 heavy (non-hydrogen) atoms. The largest absolute Gasteiger partial charge is 0.396 e. The van der Waals surface area contributed by atoms with E-state index in [9.17, 15) is 9.90 Å². The Hall–Kier alpha value is -1.15. The number of ketones is 1. The second kappa shape index (κ2) is 5.46. The van der Waals surface area contributed by atoms with Gasteiger partial charge >= 0.3 is 0 Å². The molecule has 94 valence electrons. The minimum Gasteiger partial charge on any atom is -0.396 e. The van der Waals surface area contributed by atoms with Crippen LogP contribution in [0.15, 0.2) is 12.1 Å². The molecule has 2 nitrogen and oxygen atoms in total. The van der Waals surface area contributed by atoms with Gasteiger partial charge in [0.25, 0.3) is 0 Å². The van der Waals surface area contributed by atoms with Crippen molar-refractivity contribution in [1.29, 1.82) is 0 Å². The van der Waals surface area contributed by atoms with E-state index >= 15 is 0 Å². The summed E-state index contributed by atoms with van der Waals surface area (Å²) >= 11 is 0. The molecule has 1 aromatic rings. The van der Waals surface area contributed by atoms with Gasteiger partial charge in [-0.05, 0) is 43.4 Å². The van der Waals surface area contributed by atoms with Crippen LogP contribution in [0.3, 0.4) is 0 Å². The van der Waals surface area contributed by atoms with Crippen molar-refractivity contribution in [3.63, 3.8) is 0 Å². The van der Waals surface area contributed by atoms with Crippen LogP contribution in [0.4, 0.5) is 0 Å². The van der Waals surface area contributed by atoms with Gasteiger partial charge in [-0.25, -0.2) is 0 Å². The van der Waals surface area contributed by atoms with Crippen molar-refractivity contribution in [2.24, 2.45) is 11.8 Å². The molecule has 0 heterocycles. The van der Waals surface area contributed by atoms with Crippen LogP contribution in [0.1, 0.15) is 40.9 Å². The van der Waals surface area contributed by atoms with E-state index < -0.39 is 0 Å². The number of benzene rings is 1. The number of aliphatic hydroxyl groups excluding tert-OH is 1. The summed E-state index contributed by atoms with van der Waals surface area (Å²) in [6, 6.07) is 3.86. The van der Waals surface area contributed by atoms with Crippen LogP contribution >= 0.6 is 0 Å². The standard InChI is InChI=1S/C15H22O2/c1-9(2)14(8-16)15(17)13-7-6-10(3)11(4)12(13)5/h6-7,9,14,16H,8H2,1-5H3. The number of carbonyl (C=O) groups is 1. The molecule has 0 aliphatic carbocycles. The Balaban J connectivity index is 3.17. The lowest BCUT2D eigenvalue weighted by molar-refractivity contribution is 0.0806. The van der Waals surface area contributed by atoms with Gasteiger partial charge in [0, 0.05) is 11.5 Å². The first-order valence-electron chi connectivity index (χ1n) is 6.12. The highest BCUT2D eigenvalue weighted by Crippen LogP contribution is 2.23. The van der Waals surface area contributed by atoms with Crippen LogP contribution in [0, 0.1) is 32.6 Å². The van der Waals surface area contributed by atoms with Crippen LogP contribution < -0.4 is 0 Å². The molecule has 0 saturated heterocycles. The first-order valence-corrected chi connectivity index (χ1v) is 6.12. The van der Waals surface area contributed by atoms with Crippen molar-refractivity contribution >= 4 is 5.78 Å². The summed E-state index contributed by atoms with van der Waals surface area (Å²) < 4.78 is 0. The molecule has 1 aromatic carbocycles. The summed E-state index contributed by atoms with van der Waals surface area (Å²) in [6.07, 6.45) is 0. The van der Waals surface area contributed by atoms with Crippen LogP contribution in [0.2, 0.25) is 0 Å². The molecule has 2 heteroatoms. The van der Waals surface area contributed by atoms with Gasteiger partial charge in [-0.2, -0.15) is 0 Å². The average molecular weight is 234 g/mol. The molecule has 0 aliphatic heterocycles. The normalized spacial score (nSPS) is 12.9. The first kappa shape index (κ1) is 13.9. The Morgan fingerprint density at radius 3 is 2.24 bits per heavy atom. The summed E-state index contributed by atoms with van der Waals surface area (Å²) in [7, 11) is 0.